The van der Waals surface area contributed by atoms with E-state index >= 15 is 0 Å². The number of benzene rings is 1. The lowest BCUT2D eigenvalue weighted by Crippen LogP contribution is -2.35. The smallest absolute Gasteiger partial charge is 0.408 e. The summed E-state index contributed by atoms with van der Waals surface area (Å²) in [4.78, 5) is 12.0. The van der Waals surface area contributed by atoms with Gasteiger partial charge < -0.3 is 20.3 Å². The van der Waals surface area contributed by atoms with E-state index in [1.165, 1.54) is 0 Å². The minimum atomic E-state index is -0.575. The summed E-state index contributed by atoms with van der Waals surface area (Å²) < 4.78 is 10.2. The standard InChI is InChI=1S/C15H19N3O3/c1-15(2,3)20-14(19)17-13(10-7-5-4-6-8-10)11-9-12(16)21-18-11/h4-9,13H,16H2,1-3H3,(H,17,19)/t13-/m1/s1. The molecular formula is C15H19N3O3. The first-order valence-electron chi connectivity index (χ1n) is 6.62. The maximum Gasteiger partial charge on any atom is 0.408 e. The summed E-state index contributed by atoms with van der Waals surface area (Å²) in [6, 6.07) is 10.5. The lowest BCUT2D eigenvalue weighted by molar-refractivity contribution is 0.0511. The Morgan fingerprint density at radius 3 is 2.52 bits per heavy atom. The highest BCUT2D eigenvalue weighted by Gasteiger charge is 2.24. The van der Waals surface area contributed by atoms with E-state index in [0.29, 0.717) is 5.69 Å². The highest BCUT2D eigenvalue weighted by atomic mass is 16.6. The third-order valence-electron chi connectivity index (χ3n) is 2.64. The van der Waals surface area contributed by atoms with Crippen molar-refractivity contribution >= 4 is 12.0 Å². The Balaban J connectivity index is 2.23. The molecule has 21 heavy (non-hydrogen) atoms. The summed E-state index contributed by atoms with van der Waals surface area (Å²) in [6.07, 6.45) is -0.530. The molecule has 6 nitrogen and oxygen atoms in total. The van der Waals surface area contributed by atoms with Crippen LogP contribution in [0.3, 0.4) is 0 Å². The predicted molar refractivity (Wildman–Crippen MR) is 78.6 cm³/mol. The van der Waals surface area contributed by atoms with Gasteiger partial charge in [0.2, 0.25) is 5.88 Å². The third kappa shape index (κ3) is 4.24. The van der Waals surface area contributed by atoms with Crippen LogP contribution in [-0.2, 0) is 4.74 Å². The maximum absolute atomic E-state index is 12.0. The quantitative estimate of drug-likeness (QED) is 0.906. The van der Waals surface area contributed by atoms with E-state index < -0.39 is 17.7 Å². The number of ether oxygens (including phenoxy) is 1. The van der Waals surface area contributed by atoms with Gasteiger partial charge in [-0.1, -0.05) is 35.5 Å². The van der Waals surface area contributed by atoms with Crippen LogP contribution in [0.4, 0.5) is 10.7 Å². The Hall–Kier alpha value is -2.50. The zero-order valence-corrected chi connectivity index (χ0v) is 12.3. The summed E-state index contributed by atoms with van der Waals surface area (Å²) >= 11 is 0. The van der Waals surface area contributed by atoms with E-state index in [1.807, 2.05) is 30.3 Å². The average Bonchev–Trinajstić information content (AvgIpc) is 2.81. The van der Waals surface area contributed by atoms with Crippen LogP contribution in [0, 0.1) is 0 Å². The van der Waals surface area contributed by atoms with E-state index in [-0.39, 0.29) is 5.88 Å². The second-order valence-electron chi connectivity index (χ2n) is 5.64. The molecule has 0 aliphatic carbocycles. The molecule has 1 amide bonds. The Bertz CT molecular complexity index is 602. The van der Waals surface area contributed by atoms with Gasteiger partial charge in [0.15, 0.2) is 0 Å². The summed E-state index contributed by atoms with van der Waals surface area (Å²) in [6.45, 7) is 5.41. The van der Waals surface area contributed by atoms with Gasteiger partial charge in [0.1, 0.15) is 17.3 Å². The van der Waals surface area contributed by atoms with Gasteiger partial charge in [-0.15, -0.1) is 0 Å². The van der Waals surface area contributed by atoms with Crippen molar-refractivity contribution in [2.24, 2.45) is 0 Å². The van der Waals surface area contributed by atoms with Gasteiger partial charge in [0.05, 0.1) is 0 Å². The molecule has 112 valence electrons. The number of alkyl carbamates (subject to hydrolysis) is 1. The largest absolute Gasteiger partial charge is 0.444 e. The Labute approximate surface area is 123 Å². The molecule has 0 bridgehead atoms. The van der Waals surface area contributed by atoms with Gasteiger partial charge in [0, 0.05) is 6.07 Å². The number of carbonyl (C=O) groups excluding carboxylic acids is 1. The molecule has 3 N–H and O–H groups in total. The molecule has 0 radical (unpaired) electrons. The van der Waals surface area contributed by atoms with Crippen LogP contribution < -0.4 is 11.1 Å². The van der Waals surface area contributed by atoms with Gasteiger partial charge in [-0.2, -0.15) is 0 Å². The highest BCUT2D eigenvalue weighted by Crippen LogP contribution is 2.23. The normalized spacial score (nSPS) is 12.7. The second kappa shape index (κ2) is 5.87. The molecule has 1 atom stereocenters. The molecule has 0 fully saturated rings. The third-order valence-corrected chi connectivity index (χ3v) is 2.64. The number of aromatic nitrogens is 1. The van der Waals surface area contributed by atoms with E-state index in [4.69, 9.17) is 15.0 Å². The first-order chi connectivity index (χ1) is 9.85. The van der Waals surface area contributed by atoms with Crippen molar-refractivity contribution in [2.75, 3.05) is 5.73 Å². The van der Waals surface area contributed by atoms with Gasteiger partial charge in [-0.05, 0) is 26.3 Å². The second-order valence-corrected chi connectivity index (χ2v) is 5.64. The van der Waals surface area contributed by atoms with Crippen molar-refractivity contribution in [3.05, 3.63) is 47.7 Å². The molecule has 0 saturated heterocycles. The molecule has 1 heterocycles. The number of rotatable bonds is 3. The van der Waals surface area contributed by atoms with Crippen molar-refractivity contribution in [1.29, 1.82) is 0 Å². The number of nitrogens with zero attached hydrogens (tertiary/aromatic N) is 1. The molecule has 6 heteroatoms. The number of nitrogen functional groups attached to an aromatic ring is 1. The highest BCUT2D eigenvalue weighted by molar-refractivity contribution is 5.69. The van der Waals surface area contributed by atoms with Crippen LogP contribution in [0.2, 0.25) is 0 Å². The van der Waals surface area contributed by atoms with Gasteiger partial charge in [0.25, 0.3) is 0 Å². The van der Waals surface area contributed by atoms with Crippen molar-refractivity contribution in [1.82, 2.24) is 10.5 Å². The van der Waals surface area contributed by atoms with Crippen LogP contribution >= 0.6 is 0 Å². The van der Waals surface area contributed by atoms with Crippen molar-refractivity contribution in [2.45, 2.75) is 32.4 Å². The van der Waals surface area contributed by atoms with Crippen LogP contribution in [-0.4, -0.2) is 16.9 Å². The zero-order valence-electron chi connectivity index (χ0n) is 12.3. The predicted octanol–water partition coefficient (Wildman–Crippen LogP) is 2.87. The van der Waals surface area contributed by atoms with E-state index in [2.05, 4.69) is 10.5 Å². The number of hydrogen-bond donors (Lipinski definition) is 2. The fraction of sp³-hybridized carbons (Fsp3) is 0.333. The monoisotopic (exact) mass is 289 g/mol. The van der Waals surface area contributed by atoms with Crippen molar-refractivity contribution < 1.29 is 14.1 Å². The van der Waals surface area contributed by atoms with Crippen molar-refractivity contribution in [3.63, 3.8) is 0 Å². The first kappa shape index (κ1) is 14.9. The SMILES string of the molecule is CC(C)(C)OC(=O)N[C@H](c1ccccc1)c1cc(N)on1. The van der Waals surface area contributed by atoms with Crippen LogP contribution in [0.1, 0.15) is 38.1 Å². The number of carbonyl (C=O) groups is 1. The minimum Gasteiger partial charge on any atom is -0.444 e. The molecule has 0 aliphatic heterocycles. The molecule has 1 aromatic heterocycles. The number of anilines is 1. The summed E-state index contributed by atoms with van der Waals surface area (Å²) in [7, 11) is 0. The molecule has 0 unspecified atom stereocenters. The van der Waals surface area contributed by atoms with Crippen LogP contribution in [0.25, 0.3) is 0 Å². The minimum absolute atomic E-state index is 0.192. The van der Waals surface area contributed by atoms with E-state index in [0.717, 1.165) is 5.56 Å². The van der Waals surface area contributed by atoms with Gasteiger partial charge in [-0.25, -0.2) is 4.79 Å². The summed E-state index contributed by atoms with van der Waals surface area (Å²) in [5, 5.41) is 6.65. The molecule has 2 aromatic rings. The van der Waals surface area contributed by atoms with Crippen molar-refractivity contribution in [3.8, 4) is 0 Å². The van der Waals surface area contributed by atoms with Crippen LogP contribution in [0.15, 0.2) is 40.9 Å². The average molecular weight is 289 g/mol. The number of nitrogens with two attached hydrogens (primary N) is 1. The van der Waals surface area contributed by atoms with E-state index in [9.17, 15) is 4.79 Å². The topological polar surface area (TPSA) is 90.4 Å². The molecular weight excluding hydrogens is 270 g/mol. The molecule has 0 aliphatic rings. The molecule has 0 saturated carbocycles. The Morgan fingerprint density at radius 2 is 2.00 bits per heavy atom. The Kier molecular flexibility index (Phi) is 4.16. The fourth-order valence-corrected chi connectivity index (χ4v) is 1.84. The fourth-order valence-electron chi connectivity index (χ4n) is 1.84. The number of nitrogens with one attached hydrogen (secondary N) is 1. The molecule has 1 aromatic carbocycles. The summed E-state index contributed by atoms with van der Waals surface area (Å²) in [5.74, 6) is 0.192. The van der Waals surface area contributed by atoms with Crippen LogP contribution in [0.5, 0.6) is 0 Å². The zero-order chi connectivity index (χ0) is 15.5. The lowest BCUT2D eigenvalue weighted by atomic mass is 10.0. The maximum atomic E-state index is 12.0. The first-order valence-corrected chi connectivity index (χ1v) is 6.62. The van der Waals surface area contributed by atoms with E-state index in [1.54, 1.807) is 26.8 Å². The summed E-state index contributed by atoms with van der Waals surface area (Å²) in [5.41, 5.74) is 6.35. The lowest BCUT2D eigenvalue weighted by Gasteiger charge is -2.23. The van der Waals surface area contributed by atoms with Gasteiger partial charge in [-0.3, -0.25) is 0 Å². The number of amides is 1. The Morgan fingerprint density at radius 1 is 1.33 bits per heavy atom. The number of hydrogen-bond acceptors (Lipinski definition) is 5. The van der Waals surface area contributed by atoms with Gasteiger partial charge >= 0.3 is 6.09 Å². The molecule has 2 rings (SSSR count). The molecule has 0 spiro atoms.